The molecule has 0 spiro atoms. The molecule has 0 aliphatic rings. The minimum atomic E-state index is -0.486. The second-order valence-electron chi connectivity index (χ2n) is 3.30. The fourth-order valence-electron chi connectivity index (χ4n) is 1.15. The van der Waals surface area contributed by atoms with Gasteiger partial charge in [-0.3, -0.25) is 10.1 Å². The number of rotatable bonds is 3. The highest BCUT2D eigenvalue weighted by Crippen LogP contribution is 2.15. The standard InChI is InChI=1S/C6H6N2O3.C6H7NO.3ClH.H3NO/c7-11-6-3-1-5(2-4-6)8(9)10;7-8-6-4-2-1-3-5-6;;;;1-2/h1-4H,7H2;1-5H,7H2;3*1H;2H,1H2. The highest BCUT2D eigenvalue weighted by atomic mass is 35.5. The molecule has 2 rings (SSSR count). The van der Waals surface area contributed by atoms with Gasteiger partial charge in [0.15, 0.2) is 0 Å². The van der Waals surface area contributed by atoms with Gasteiger partial charge in [0.25, 0.3) is 5.69 Å². The molecule has 0 heterocycles. The van der Waals surface area contributed by atoms with Crippen LogP contribution in [0.1, 0.15) is 0 Å². The van der Waals surface area contributed by atoms with Gasteiger partial charge in [-0.1, -0.05) is 18.2 Å². The summed E-state index contributed by atoms with van der Waals surface area (Å²) in [5, 5.41) is 16.6. The van der Waals surface area contributed by atoms with Crippen molar-refractivity contribution in [3.8, 4) is 11.5 Å². The number of hydrogen-bond acceptors (Lipinski definition) is 8. The molecule has 2 aromatic rings. The Hall–Kier alpha value is -1.85. The van der Waals surface area contributed by atoms with Crippen LogP contribution in [0.5, 0.6) is 11.5 Å². The van der Waals surface area contributed by atoms with Crippen LogP contribution in [0, 0.1) is 10.1 Å². The number of non-ortho nitro benzene ring substituents is 1. The zero-order chi connectivity index (χ0) is 16.1. The fraction of sp³-hybridized carbons (Fsp3) is 0. The van der Waals surface area contributed by atoms with Gasteiger partial charge in [0.2, 0.25) is 0 Å². The first kappa shape index (κ1) is 30.1. The molecule has 0 unspecified atom stereocenters. The van der Waals surface area contributed by atoms with Crippen LogP contribution in [0.3, 0.4) is 0 Å². The number of nitro benzene ring substituents is 1. The lowest BCUT2D eigenvalue weighted by molar-refractivity contribution is -0.384. The average molecular weight is 406 g/mol. The maximum Gasteiger partial charge on any atom is 0.269 e. The third kappa shape index (κ3) is 12.7. The maximum absolute atomic E-state index is 10.1. The Bertz CT molecular complexity index is 520. The van der Waals surface area contributed by atoms with Crippen LogP contribution in [-0.4, -0.2) is 10.1 Å². The van der Waals surface area contributed by atoms with Crippen molar-refractivity contribution >= 4 is 42.9 Å². The second kappa shape index (κ2) is 19.2. The molecular formula is C12H19Cl3N4O5. The molecule has 2 aromatic carbocycles. The molecule has 24 heavy (non-hydrogen) atoms. The Morgan fingerprint density at radius 2 is 1.17 bits per heavy atom. The van der Waals surface area contributed by atoms with Crippen LogP contribution in [0.25, 0.3) is 0 Å². The van der Waals surface area contributed by atoms with E-state index in [1.54, 1.807) is 12.1 Å². The van der Waals surface area contributed by atoms with Gasteiger partial charge in [-0.25, -0.2) is 5.90 Å². The largest absolute Gasteiger partial charge is 0.412 e. The van der Waals surface area contributed by atoms with Gasteiger partial charge in [0.05, 0.1) is 4.92 Å². The first-order chi connectivity index (χ1) is 10.2. The molecule has 7 N–H and O–H groups in total. The van der Waals surface area contributed by atoms with Gasteiger partial charge in [0, 0.05) is 12.1 Å². The number of halogens is 3. The predicted molar refractivity (Wildman–Crippen MR) is 96.9 cm³/mol. The van der Waals surface area contributed by atoms with Crippen molar-refractivity contribution in [1.82, 2.24) is 0 Å². The van der Waals surface area contributed by atoms with Gasteiger partial charge >= 0.3 is 0 Å². The van der Waals surface area contributed by atoms with Crippen LogP contribution >= 0.6 is 37.2 Å². The fourth-order valence-corrected chi connectivity index (χ4v) is 1.15. The minimum absolute atomic E-state index is 0. The van der Waals surface area contributed by atoms with E-state index in [-0.39, 0.29) is 42.9 Å². The van der Waals surface area contributed by atoms with Gasteiger partial charge in [0.1, 0.15) is 11.5 Å². The summed E-state index contributed by atoms with van der Waals surface area (Å²) in [5.74, 6) is 14.2. The SMILES string of the molecule is Cl.Cl.Cl.NO.NOc1ccc([N+](=O)[O-])cc1.NOc1ccccc1. The van der Waals surface area contributed by atoms with Gasteiger partial charge in [-0.05, 0) is 24.3 Å². The molecule has 0 aromatic heterocycles. The third-order valence-corrected chi connectivity index (χ3v) is 2.06. The van der Waals surface area contributed by atoms with E-state index < -0.39 is 4.92 Å². The lowest BCUT2D eigenvalue weighted by Crippen LogP contribution is -2.01. The Morgan fingerprint density at radius 3 is 1.46 bits per heavy atom. The van der Waals surface area contributed by atoms with Crippen molar-refractivity contribution in [1.29, 1.82) is 0 Å². The summed E-state index contributed by atoms with van der Waals surface area (Å²) in [6, 6.07) is 14.7. The predicted octanol–water partition coefficient (Wildman–Crippen LogP) is 2.39. The summed E-state index contributed by atoms with van der Waals surface area (Å²) in [5.41, 5.74) is 0.0193. The maximum atomic E-state index is 10.1. The normalized spacial score (nSPS) is 7.33. The molecule has 0 saturated carbocycles. The van der Waals surface area contributed by atoms with Crippen molar-refractivity contribution in [2.45, 2.75) is 0 Å². The summed E-state index contributed by atoms with van der Waals surface area (Å²) in [6.07, 6.45) is 0. The van der Waals surface area contributed by atoms with Crippen LogP contribution in [0.15, 0.2) is 54.6 Å². The summed E-state index contributed by atoms with van der Waals surface area (Å²) < 4.78 is 0. The quantitative estimate of drug-likeness (QED) is 0.447. The van der Waals surface area contributed by atoms with E-state index in [1.165, 1.54) is 24.3 Å². The Labute approximate surface area is 157 Å². The molecule has 0 atom stereocenters. The summed E-state index contributed by atoms with van der Waals surface area (Å²) >= 11 is 0. The topological polar surface area (TPSA) is 160 Å². The van der Waals surface area contributed by atoms with E-state index in [4.69, 9.17) is 17.0 Å². The number of benzene rings is 2. The molecule has 0 amide bonds. The van der Waals surface area contributed by atoms with Crippen LogP contribution in [-0.2, 0) is 0 Å². The first-order valence-corrected chi connectivity index (χ1v) is 5.46. The molecule has 0 radical (unpaired) electrons. The summed E-state index contributed by atoms with van der Waals surface area (Å²) in [7, 11) is 0. The molecule has 0 saturated heterocycles. The van der Waals surface area contributed by atoms with Crippen LogP contribution < -0.4 is 27.4 Å². The van der Waals surface area contributed by atoms with Crippen LogP contribution in [0.2, 0.25) is 0 Å². The molecule has 138 valence electrons. The molecular weight excluding hydrogens is 387 g/mol. The summed E-state index contributed by atoms with van der Waals surface area (Å²) in [4.78, 5) is 18.4. The molecule has 12 heteroatoms. The van der Waals surface area contributed by atoms with Gasteiger partial charge in [-0.15, -0.1) is 37.2 Å². The van der Waals surface area contributed by atoms with Crippen LogP contribution in [0.4, 0.5) is 5.69 Å². The number of nitro groups is 1. The second-order valence-corrected chi connectivity index (χ2v) is 3.30. The van der Waals surface area contributed by atoms with Crippen molar-refractivity contribution in [3.63, 3.8) is 0 Å². The molecule has 0 bridgehead atoms. The molecule has 0 fully saturated rings. The van der Waals surface area contributed by atoms with Crippen molar-refractivity contribution in [3.05, 3.63) is 64.7 Å². The highest BCUT2D eigenvalue weighted by Gasteiger charge is 2.02. The van der Waals surface area contributed by atoms with E-state index >= 15 is 0 Å². The zero-order valence-electron chi connectivity index (χ0n) is 12.2. The number of nitrogens with two attached hydrogens (primary N) is 3. The number of para-hydroxylation sites is 1. The monoisotopic (exact) mass is 404 g/mol. The Kier molecular flexibility index (Phi) is 24.1. The minimum Gasteiger partial charge on any atom is -0.412 e. The zero-order valence-corrected chi connectivity index (χ0v) is 14.6. The smallest absolute Gasteiger partial charge is 0.269 e. The summed E-state index contributed by atoms with van der Waals surface area (Å²) in [6.45, 7) is 0. The third-order valence-electron chi connectivity index (χ3n) is 2.06. The molecule has 0 aliphatic heterocycles. The van der Waals surface area contributed by atoms with Gasteiger partial charge < -0.3 is 14.9 Å². The lowest BCUT2D eigenvalue weighted by atomic mass is 10.3. The van der Waals surface area contributed by atoms with Gasteiger partial charge in [-0.2, -0.15) is 11.8 Å². The number of nitrogens with zero attached hydrogens (tertiary/aromatic N) is 1. The Morgan fingerprint density at radius 1 is 0.792 bits per heavy atom. The average Bonchev–Trinajstić information content (AvgIpc) is 2.58. The van der Waals surface area contributed by atoms with Crippen molar-refractivity contribution in [2.24, 2.45) is 17.7 Å². The molecule has 9 nitrogen and oxygen atoms in total. The van der Waals surface area contributed by atoms with E-state index in [1.807, 2.05) is 18.2 Å². The van der Waals surface area contributed by atoms with Crippen molar-refractivity contribution < 1.29 is 19.8 Å². The van der Waals surface area contributed by atoms with E-state index in [0.29, 0.717) is 11.5 Å². The Balaban J connectivity index is -0.000000139. The first-order valence-electron chi connectivity index (χ1n) is 5.46. The molecule has 0 aliphatic carbocycles. The van der Waals surface area contributed by atoms with Crippen molar-refractivity contribution in [2.75, 3.05) is 0 Å². The number of hydrogen-bond donors (Lipinski definition) is 4. The lowest BCUT2D eigenvalue weighted by Gasteiger charge is -1.95. The highest BCUT2D eigenvalue weighted by molar-refractivity contribution is 5.86. The van der Waals surface area contributed by atoms with E-state index in [9.17, 15) is 10.1 Å². The van der Waals surface area contributed by atoms with E-state index in [2.05, 4.69) is 15.6 Å². The van der Waals surface area contributed by atoms with E-state index in [0.717, 1.165) is 0 Å².